The van der Waals surface area contributed by atoms with E-state index in [1.807, 2.05) is 31.2 Å². The number of aromatic nitrogens is 1. The second kappa shape index (κ2) is 4.14. The van der Waals surface area contributed by atoms with Crippen LogP contribution in [0.4, 0.5) is 11.4 Å². The lowest BCUT2D eigenvalue weighted by atomic mass is 10.2. The van der Waals surface area contributed by atoms with Crippen molar-refractivity contribution in [2.75, 3.05) is 5.32 Å². The van der Waals surface area contributed by atoms with E-state index in [0.717, 1.165) is 22.7 Å². The second-order valence-corrected chi connectivity index (χ2v) is 3.33. The number of nitrogens with one attached hydrogen (secondary N) is 1. The Hall–Kier alpha value is -1.81. The maximum Gasteiger partial charge on any atom is 0.157 e. The third-order valence-corrected chi connectivity index (χ3v) is 2.19. The molecule has 1 aromatic heterocycles. The van der Waals surface area contributed by atoms with Gasteiger partial charge in [-0.3, -0.25) is 0 Å². The van der Waals surface area contributed by atoms with Crippen molar-refractivity contribution in [2.45, 2.75) is 13.5 Å². The SMILES string of the molecule is Cc1oncc1Nc1cccc(CN)c1. The molecule has 0 saturated heterocycles. The van der Waals surface area contributed by atoms with E-state index in [-0.39, 0.29) is 0 Å². The molecule has 0 aliphatic heterocycles. The molecule has 1 heterocycles. The molecule has 0 aliphatic carbocycles. The van der Waals surface area contributed by atoms with Crippen LogP contribution >= 0.6 is 0 Å². The fraction of sp³-hybridized carbons (Fsp3) is 0.182. The average Bonchev–Trinajstić information content (AvgIpc) is 2.65. The molecule has 0 saturated carbocycles. The molecule has 2 aromatic rings. The van der Waals surface area contributed by atoms with Gasteiger partial charge in [-0.25, -0.2) is 0 Å². The van der Waals surface area contributed by atoms with E-state index in [2.05, 4.69) is 10.5 Å². The molecule has 1 aromatic carbocycles. The average molecular weight is 203 g/mol. The first-order chi connectivity index (χ1) is 7.29. The van der Waals surface area contributed by atoms with Gasteiger partial charge < -0.3 is 15.6 Å². The molecule has 4 nitrogen and oxygen atoms in total. The van der Waals surface area contributed by atoms with Crippen molar-refractivity contribution in [3.63, 3.8) is 0 Å². The lowest BCUT2D eigenvalue weighted by Gasteiger charge is -2.05. The summed E-state index contributed by atoms with van der Waals surface area (Å²) >= 11 is 0. The van der Waals surface area contributed by atoms with Crippen LogP contribution in [0, 0.1) is 6.92 Å². The normalized spacial score (nSPS) is 10.3. The monoisotopic (exact) mass is 203 g/mol. The number of nitrogens with zero attached hydrogens (tertiary/aromatic N) is 1. The van der Waals surface area contributed by atoms with Crippen LogP contribution in [0.2, 0.25) is 0 Å². The topological polar surface area (TPSA) is 64.1 Å². The van der Waals surface area contributed by atoms with Crippen LogP contribution in [0.3, 0.4) is 0 Å². The largest absolute Gasteiger partial charge is 0.359 e. The van der Waals surface area contributed by atoms with Gasteiger partial charge in [-0.2, -0.15) is 0 Å². The van der Waals surface area contributed by atoms with Crippen LogP contribution in [0.1, 0.15) is 11.3 Å². The molecule has 0 radical (unpaired) electrons. The van der Waals surface area contributed by atoms with Crippen molar-refractivity contribution in [1.82, 2.24) is 5.16 Å². The van der Waals surface area contributed by atoms with Crippen molar-refractivity contribution < 1.29 is 4.52 Å². The highest BCUT2D eigenvalue weighted by Gasteiger charge is 2.02. The number of benzene rings is 1. The number of anilines is 2. The Balaban J connectivity index is 2.21. The maximum atomic E-state index is 5.56. The summed E-state index contributed by atoms with van der Waals surface area (Å²) in [6, 6.07) is 7.94. The molecule has 0 aliphatic rings. The summed E-state index contributed by atoms with van der Waals surface area (Å²) in [5.74, 6) is 0.771. The molecule has 0 bridgehead atoms. The molecular weight excluding hydrogens is 190 g/mol. The Morgan fingerprint density at radius 3 is 3.00 bits per heavy atom. The summed E-state index contributed by atoms with van der Waals surface area (Å²) < 4.78 is 4.96. The molecule has 15 heavy (non-hydrogen) atoms. The van der Waals surface area contributed by atoms with E-state index in [0.29, 0.717) is 6.54 Å². The molecule has 0 fully saturated rings. The first-order valence-corrected chi connectivity index (χ1v) is 4.77. The standard InChI is InChI=1S/C11H13N3O/c1-8-11(7-13-15-8)14-10-4-2-3-9(5-10)6-12/h2-5,7,14H,6,12H2,1H3. The Morgan fingerprint density at radius 1 is 1.47 bits per heavy atom. The molecular formula is C11H13N3O. The number of rotatable bonds is 3. The van der Waals surface area contributed by atoms with E-state index < -0.39 is 0 Å². The molecule has 4 heteroatoms. The highest BCUT2D eigenvalue weighted by Crippen LogP contribution is 2.20. The lowest BCUT2D eigenvalue weighted by molar-refractivity contribution is 0.398. The van der Waals surface area contributed by atoms with Crippen molar-refractivity contribution in [3.05, 3.63) is 41.8 Å². The number of hydrogen-bond donors (Lipinski definition) is 2. The lowest BCUT2D eigenvalue weighted by Crippen LogP contribution is -1.97. The van der Waals surface area contributed by atoms with E-state index >= 15 is 0 Å². The fourth-order valence-corrected chi connectivity index (χ4v) is 1.35. The predicted molar refractivity (Wildman–Crippen MR) is 58.9 cm³/mol. The van der Waals surface area contributed by atoms with Crippen LogP contribution in [0.25, 0.3) is 0 Å². The smallest absolute Gasteiger partial charge is 0.157 e. The summed E-state index contributed by atoms with van der Waals surface area (Å²) in [4.78, 5) is 0. The van der Waals surface area contributed by atoms with Gasteiger partial charge in [0.25, 0.3) is 0 Å². The number of nitrogens with two attached hydrogens (primary N) is 1. The van der Waals surface area contributed by atoms with E-state index in [4.69, 9.17) is 10.3 Å². The van der Waals surface area contributed by atoms with Crippen LogP contribution in [-0.2, 0) is 6.54 Å². The van der Waals surface area contributed by atoms with Crippen molar-refractivity contribution in [2.24, 2.45) is 5.73 Å². The van der Waals surface area contributed by atoms with Gasteiger partial charge in [-0.15, -0.1) is 0 Å². The fourth-order valence-electron chi connectivity index (χ4n) is 1.35. The van der Waals surface area contributed by atoms with Gasteiger partial charge >= 0.3 is 0 Å². The van der Waals surface area contributed by atoms with Crippen molar-refractivity contribution in [3.8, 4) is 0 Å². The van der Waals surface area contributed by atoms with Crippen LogP contribution in [0.5, 0.6) is 0 Å². The summed E-state index contributed by atoms with van der Waals surface area (Å²) in [5.41, 5.74) is 8.52. The molecule has 0 atom stereocenters. The summed E-state index contributed by atoms with van der Waals surface area (Å²) in [5, 5.41) is 6.91. The summed E-state index contributed by atoms with van der Waals surface area (Å²) in [6.45, 7) is 2.40. The molecule has 2 rings (SSSR count). The number of aryl methyl sites for hydroxylation is 1. The van der Waals surface area contributed by atoms with Gasteiger partial charge in [0.1, 0.15) is 5.69 Å². The maximum absolute atomic E-state index is 5.56. The Morgan fingerprint density at radius 2 is 2.33 bits per heavy atom. The van der Waals surface area contributed by atoms with Gasteiger partial charge in [-0.1, -0.05) is 17.3 Å². The summed E-state index contributed by atoms with van der Waals surface area (Å²) in [6.07, 6.45) is 1.66. The first-order valence-electron chi connectivity index (χ1n) is 4.77. The third-order valence-electron chi connectivity index (χ3n) is 2.19. The van der Waals surface area contributed by atoms with Crippen LogP contribution in [0.15, 0.2) is 35.0 Å². The minimum Gasteiger partial charge on any atom is -0.359 e. The van der Waals surface area contributed by atoms with E-state index in [9.17, 15) is 0 Å². The Labute approximate surface area is 88.1 Å². The molecule has 78 valence electrons. The Kier molecular flexibility index (Phi) is 2.69. The van der Waals surface area contributed by atoms with E-state index in [1.165, 1.54) is 0 Å². The first kappa shape index (κ1) is 9.73. The van der Waals surface area contributed by atoms with Crippen molar-refractivity contribution in [1.29, 1.82) is 0 Å². The zero-order valence-electron chi connectivity index (χ0n) is 8.53. The summed E-state index contributed by atoms with van der Waals surface area (Å²) in [7, 11) is 0. The zero-order valence-corrected chi connectivity index (χ0v) is 8.53. The third kappa shape index (κ3) is 2.16. The minimum atomic E-state index is 0.540. The quantitative estimate of drug-likeness (QED) is 0.802. The second-order valence-electron chi connectivity index (χ2n) is 3.33. The van der Waals surface area contributed by atoms with Crippen molar-refractivity contribution >= 4 is 11.4 Å². The minimum absolute atomic E-state index is 0.540. The van der Waals surface area contributed by atoms with Gasteiger partial charge in [0, 0.05) is 12.2 Å². The molecule has 3 N–H and O–H groups in total. The van der Waals surface area contributed by atoms with Crippen LogP contribution in [-0.4, -0.2) is 5.16 Å². The molecule has 0 spiro atoms. The van der Waals surface area contributed by atoms with Gasteiger partial charge in [0.05, 0.1) is 6.20 Å². The van der Waals surface area contributed by atoms with Crippen LogP contribution < -0.4 is 11.1 Å². The molecule has 0 unspecified atom stereocenters. The predicted octanol–water partition coefficient (Wildman–Crippen LogP) is 2.19. The number of hydrogen-bond acceptors (Lipinski definition) is 4. The van der Waals surface area contributed by atoms with Gasteiger partial charge in [0.15, 0.2) is 5.76 Å². The van der Waals surface area contributed by atoms with E-state index in [1.54, 1.807) is 6.20 Å². The zero-order chi connectivity index (χ0) is 10.7. The van der Waals surface area contributed by atoms with Gasteiger partial charge in [0.2, 0.25) is 0 Å². The highest BCUT2D eigenvalue weighted by molar-refractivity contribution is 5.60. The highest BCUT2D eigenvalue weighted by atomic mass is 16.5. The Bertz CT molecular complexity index is 451. The molecule has 0 amide bonds. The van der Waals surface area contributed by atoms with Gasteiger partial charge in [-0.05, 0) is 24.6 Å².